The van der Waals surface area contributed by atoms with E-state index in [1.54, 1.807) is 30.9 Å². The highest BCUT2D eigenvalue weighted by Gasteiger charge is 2.08. The van der Waals surface area contributed by atoms with Crippen LogP contribution in [0.2, 0.25) is 0 Å². The molecule has 3 nitrogen and oxygen atoms in total. The minimum Gasteiger partial charge on any atom is -0.295 e. The number of aromatic amines is 1. The monoisotopic (exact) mass is 223 g/mol. The van der Waals surface area contributed by atoms with Crippen molar-refractivity contribution in [2.24, 2.45) is 7.05 Å². The largest absolute Gasteiger partial charge is 0.295 e. The maximum absolute atomic E-state index is 13.6. The van der Waals surface area contributed by atoms with Gasteiger partial charge in [0, 0.05) is 19.3 Å². The second-order valence-electron chi connectivity index (χ2n) is 3.41. The molecule has 0 saturated heterocycles. The summed E-state index contributed by atoms with van der Waals surface area (Å²) < 4.78 is 15.8. The van der Waals surface area contributed by atoms with Crippen LogP contribution in [0.5, 0.6) is 0 Å². The molecule has 0 amide bonds. The number of nitrogens with zero attached hydrogens (tertiary/aromatic N) is 2. The molecule has 0 unspecified atom stereocenters. The van der Waals surface area contributed by atoms with Crippen LogP contribution < -0.4 is 0 Å². The Bertz CT molecular complexity index is 556. The summed E-state index contributed by atoms with van der Waals surface area (Å²) in [5, 5.41) is 2.93. The van der Waals surface area contributed by atoms with E-state index in [-0.39, 0.29) is 5.82 Å². The van der Waals surface area contributed by atoms with Gasteiger partial charge in [-0.3, -0.25) is 14.8 Å². The van der Waals surface area contributed by atoms with E-state index in [0.717, 1.165) is 5.56 Å². The van der Waals surface area contributed by atoms with Crippen molar-refractivity contribution in [1.29, 1.82) is 0 Å². The van der Waals surface area contributed by atoms with Gasteiger partial charge in [0.05, 0.1) is 5.69 Å². The highest BCUT2D eigenvalue weighted by Crippen LogP contribution is 2.18. The van der Waals surface area contributed by atoms with Crippen molar-refractivity contribution in [1.82, 2.24) is 14.8 Å². The maximum atomic E-state index is 13.6. The molecule has 0 radical (unpaired) electrons. The number of pyridine rings is 1. The number of nitrogens with one attached hydrogen (secondary N) is 1. The van der Waals surface area contributed by atoms with Crippen LogP contribution in [0.25, 0.3) is 11.4 Å². The van der Waals surface area contributed by atoms with Crippen LogP contribution in [0, 0.1) is 17.4 Å². The van der Waals surface area contributed by atoms with Crippen LogP contribution in [0.4, 0.5) is 4.39 Å². The highest BCUT2D eigenvalue weighted by atomic mass is 32.1. The average molecular weight is 223 g/mol. The Balaban J connectivity index is 2.59. The molecule has 2 aromatic rings. The summed E-state index contributed by atoms with van der Waals surface area (Å²) in [6.45, 7) is 1.80. The number of halogens is 1. The molecule has 2 aromatic heterocycles. The van der Waals surface area contributed by atoms with Crippen molar-refractivity contribution in [3.05, 3.63) is 34.4 Å². The average Bonchev–Trinajstić information content (AvgIpc) is 2.46. The number of hydrogen-bond donors (Lipinski definition) is 1. The van der Waals surface area contributed by atoms with Crippen molar-refractivity contribution in [3.63, 3.8) is 0 Å². The summed E-state index contributed by atoms with van der Waals surface area (Å²) in [7, 11) is 1.78. The minimum atomic E-state index is -0.341. The first kappa shape index (κ1) is 10.0. The summed E-state index contributed by atoms with van der Waals surface area (Å²) in [5.41, 5.74) is 1.69. The van der Waals surface area contributed by atoms with Gasteiger partial charge < -0.3 is 0 Å². The van der Waals surface area contributed by atoms with E-state index in [0.29, 0.717) is 16.0 Å². The molecule has 0 aliphatic heterocycles. The van der Waals surface area contributed by atoms with E-state index in [1.807, 2.05) is 0 Å². The number of rotatable bonds is 1. The normalized spacial score (nSPS) is 10.6. The maximum Gasteiger partial charge on any atom is 0.151 e. The standard InChI is InChI=1S/C10H10FN3S/c1-6-3-7(11)10(12-5-6)8-4-9(15)14(2)13-8/h3-5,13H,1-2H3. The number of aromatic nitrogens is 3. The van der Waals surface area contributed by atoms with E-state index in [4.69, 9.17) is 12.2 Å². The van der Waals surface area contributed by atoms with E-state index >= 15 is 0 Å². The molecular formula is C10H10FN3S. The zero-order chi connectivity index (χ0) is 11.0. The molecule has 0 aliphatic rings. The smallest absolute Gasteiger partial charge is 0.151 e. The van der Waals surface area contributed by atoms with E-state index < -0.39 is 0 Å². The second-order valence-corrected chi connectivity index (χ2v) is 3.83. The van der Waals surface area contributed by atoms with Gasteiger partial charge >= 0.3 is 0 Å². The molecule has 2 rings (SSSR count). The minimum absolute atomic E-state index is 0.298. The fourth-order valence-electron chi connectivity index (χ4n) is 1.34. The molecular weight excluding hydrogens is 213 g/mol. The molecule has 0 aliphatic carbocycles. The summed E-state index contributed by atoms with van der Waals surface area (Å²) in [6, 6.07) is 3.14. The first-order valence-corrected chi connectivity index (χ1v) is 4.87. The summed E-state index contributed by atoms with van der Waals surface area (Å²) in [4.78, 5) is 4.04. The first-order chi connectivity index (χ1) is 7.08. The molecule has 0 bridgehead atoms. The lowest BCUT2D eigenvalue weighted by Crippen LogP contribution is -1.93. The quantitative estimate of drug-likeness (QED) is 0.754. The summed E-state index contributed by atoms with van der Waals surface area (Å²) in [6.07, 6.45) is 1.63. The molecule has 0 atom stereocenters. The van der Waals surface area contributed by atoms with Gasteiger partial charge in [-0.25, -0.2) is 4.39 Å². The molecule has 2 heterocycles. The fourth-order valence-corrected chi connectivity index (χ4v) is 1.50. The molecule has 0 fully saturated rings. The van der Waals surface area contributed by atoms with Gasteiger partial charge in [0.2, 0.25) is 0 Å². The molecule has 78 valence electrons. The topological polar surface area (TPSA) is 33.6 Å². The van der Waals surface area contributed by atoms with Crippen LogP contribution >= 0.6 is 12.2 Å². The number of hydrogen-bond acceptors (Lipinski definition) is 2. The van der Waals surface area contributed by atoms with Crippen LogP contribution in [-0.4, -0.2) is 14.8 Å². The van der Waals surface area contributed by atoms with Crippen LogP contribution in [0.15, 0.2) is 18.3 Å². The molecule has 15 heavy (non-hydrogen) atoms. The zero-order valence-corrected chi connectivity index (χ0v) is 9.23. The van der Waals surface area contributed by atoms with Gasteiger partial charge in [-0.15, -0.1) is 0 Å². The van der Waals surface area contributed by atoms with Gasteiger partial charge in [0.15, 0.2) is 5.82 Å². The van der Waals surface area contributed by atoms with Crippen LogP contribution in [-0.2, 0) is 7.05 Å². The number of H-pyrrole nitrogens is 1. The lowest BCUT2D eigenvalue weighted by Gasteiger charge is -2.00. The predicted octanol–water partition coefficient (Wildman–Crippen LogP) is 2.59. The fraction of sp³-hybridized carbons (Fsp3) is 0.200. The van der Waals surface area contributed by atoms with Gasteiger partial charge in [-0.1, -0.05) is 12.2 Å². The third-order valence-corrected chi connectivity index (χ3v) is 2.51. The molecule has 0 saturated carbocycles. The van der Waals surface area contributed by atoms with E-state index in [9.17, 15) is 4.39 Å². The molecule has 0 aromatic carbocycles. The van der Waals surface area contributed by atoms with Gasteiger partial charge in [0.25, 0.3) is 0 Å². The predicted molar refractivity (Wildman–Crippen MR) is 58.5 cm³/mol. The molecule has 0 spiro atoms. The molecule has 1 N–H and O–H groups in total. The first-order valence-electron chi connectivity index (χ1n) is 4.46. The lowest BCUT2D eigenvalue weighted by molar-refractivity contribution is 0.622. The van der Waals surface area contributed by atoms with Gasteiger partial charge in [-0.2, -0.15) is 0 Å². The zero-order valence-electron chi connectivity index (χ0n) is 8.41. The molecule has 5 heteroatoms. The third kappa shape index (κ3) is 1.83. The van der Waals surface area contributed by atoms with E-state index in [2.05, 4.69) is 10.1 Å². The van der Waals surface area contributed by atoms with Crippen molar-refractivity contribution < 1.29 is 4.39 Å². The Morgan fingerprint density at radius 3 is 2.73 bits per heavy atom. The van der Waals surface area contributed by atoms with Crippen LogP contribution in [0.1, 0.15) is 5.56 Å². The highest BCUT2D eigenvalue weighted by molar-refractivity contribution is 7.71. The lowest BCUT2D eigenvalue weighted by atomic mass is 10.2. The SMILES string of the molecule is Cc1cnc(-c2cc(=S)n(C)[nH]2)c(F)c1. The Morgan fingerprint density at radius 2 is 2.20 bits per heavy atom. The van der Waals surface area contributed by atoms with Gasteiger partial charge in [0.1, 0.15) is 10.3 Å². The van der Waals surface area contributed by atoms with Crippen molar-refractivity contribution >= 4 is 12.2 Å². The summed E-state index contributed by atoms with van der Waals surface area (Å²) in [5.74, 6) is -0.341. The number of aryl methyl sites for hydroxylation is 2. The Kier molecular flexibility index (Phi) is 2.40. The van der Waals surface area contributed by atoms with E-state index in [1.165, 1.54) is 6.07 Å². The van der Waals surface area contributed by atoms with Crippen molar-refractivity contribution in [2.45, 2.75) is 6.92 Å². The van der Waals surface area contributed by atoms with Gasteiger partial charge in [-0.05, 0) is 18.6 Å². The summed E-state index contributed by atoms with van der Waals surface area (Å²) >= 11 is 5.02. The second kappa shape index (κ2) is 3.58. The van der Waals surface area contributed by atoms with Crippen molar-refractivity contribution in [3.8, 4) is 11.4 Å². The Hall–Kier alpha value is -1.49. The Morgan fingerprint density at radius 1 is 1.47 bits per heavy atom. The van der Waals surface area contributed by atoms with Crippen molar-refractivity contribution in [2.75, 3.05) is 0 Å². The Labute approximate surface area is 91.6 Å². The van der Waals surface area contributed by atoms with Crippen LogP contribution in [0.3, 0.4) is 0 Å². The third-order valence-electron chi connectivity index (χ3n) is 2.12.